The van der Waals surface area contributed by atoms with Crippen LogP contribution in [0.5, 0.6) is 0 Å². The Hall–Kier alpha value is -1.86. The van der Waals surface area contributed by atoms with Crippen LogP contribution in [0.2, 0.25) is 0 Å². The van der Waals surface area contributed by atoms with E-state index < -0.39 is 15.8 Å². The fraction of sp³-hybridized carbons (Fsp3) is 0.286. The molecule has 2 rings (SSSR count). The third-order valence-corrected chi connectivity index (χ3v) is 4.60. The molecule has 2 aromatic rings. The van der Waals surface area contributed by atoms with Crippen LogP contribution in [0.4, 0.5) is 10.1 Å². The van der Waals surface area contributed by atoms with Crippen LogP contribution in [-0.2, 0) is 23.6 Å². The van der Waals surface area contributed by atoms with E-state index in [0.717, 1.165) is 5.69 Å². The van der Waals surface area contributed by atoms with Gasteiger partial charge in [0.05, 0.1) is 5.69 Å². The molecule has 0 radical (unpaired) electrons. The van der Waals surface area contributed by atoms with Crippen LogP contribution < -0.4 is 10.0 Å². The average Bonchev–Trinajstić information content (AvgIpc) is 2.78. The van der Waals surface area contributed by atoms with E-state index in [0.29, 0.717) is 6.54 Å². The molecule has 0 aliphatic heterocycles. The van der Waals surface area contributed by atoms with Gasteiger partial charge in [0.1, 0.15) is 10.7 Å². The summed E-state index contributed by atoms with van der Waals surface area (Å²) in [6, 6.07) is 5.89. The van der Waals surface area contributed by atoms with E-state index in [1.807, 2.05) is 0 Å². The number of halogens is 1. The number of hydrogen-bond donors (Lipinski definition) is 2. The lowest BCUT2D eigenvalue weighted by Gasteiger charge is -2.09. The zero-order valence-electron chi connectivity index (χ0n) is 12.1. The van der Waals surface area contributed by atoms with E-state index >= 15 is 0 Å². The molecule has 0 aliphatic carbocycles. The van der Waals surface area contributed by atoms with Crippen LogP contribution in [0, 0.1) is 12.7 Å². The summed E-state index contributed by atoms with van der Waals surface area (Å²) < 4.78 is 42.4. The van der Waals surface area contributed by atoms with Crippen molar-refractivity contribution in [2.45, 2.75) is 18.4 Å². The van der Waals surface area contributed by atoms with Crippen LogP contribution in [0.25, 0.3) is 0 Å². The first-order chi connectivity index (χ1) is 9.85. The molecule has 21 heavy (non-hydrogen) atoms. The summed E-state index contributed by atoms with van der Waals surface area (Å²) in [6.07, 6.45) is 1.53. The Bertz CT molecular complexity index is 754. The molecule has 0 saturated carbocycles. The predicted molar refractivity (Wildman–Crippen MR) is 80.1 cm³/mol. The van der Waals surface area contributed by atoms with Crippen molar-refractivity contribution in [1.82, 2.24) is 9.88 Å². The lowest BCUT2D eigenvalue weighted by molar-refractivity contribution is 0.600. The van der Waals surface area contributed by atoms with Gasteiger partial charge < -0.3 is 9.88 Å². The molecule has 0 unspecified atom stereocenters. The van der Waals surface area contributed by atoms with Crippen molar-refractivity contribution in [3.05, 3.63) is 47.5 Å². The highest BCUT2D eigenvalue weighted by molar-refractivity contribution is 7.92. The lowest BCUT2D eigenvalue weighted by Crippen LogP contribution is -2.13. The molecule has 5 nitrogen and oxygen atoms in total. The topological polar surface area (TPSA) is 63.1 Å². The van der Waals surface area contributed by atoms with Gasteiger partial charge in [-0.2, -0.15) is 0 Å². The molecule has 7 heteroatoms. The van der Waals surface area contributed by atoms with Gasteiger partial charge >= 0.3 is 0 Å². The molecule has 0 amide bonds. The first-order valence-corrected chi connectivity index (χ1v) is 7.91. The van der Waals surface area contributed by atoms with E-state index in [4.69, 9.17) is 0 Å². The summed E-state index contributed by atoms with van der Waals surface area (Å²) in [5.41, 5.74) is 1.36. The van der Waals surface area contributed by atoms with Crippen LogP contribution in [0.15, 0.2) is 35.4 Å². The Balaban J connectivity index is 2.34. The maximum atomic E-state index is 13.5. The summed E-state index contributed by atoms with van der Waals surface area (Å²) in [6.45, 7) is 2.09. The smallest absolute Gasteiger partial charge is 0.263 e. The van der Waals surface area contributed by atoms with Crippen LogP contribution >= 0.6 is 0 Å². The molecule has 1 aromatic heterocycles. The molecule has 2 N–H and O–H groups in total. The van der Waals surface area contributed by atoms with Gasteiger partial charge in [-0.05, 0) is 32.2 Å². The Morgan fingerprint density at radius 2 is 2.05 bits per heavy atom. The molecule has 0 atom stereocenters. The van der Waals surface area contributed by atoms with Crippen molar-refractivity contribution in [3.8, 4) is 0 Å². The van der Waals surface area contributed by atoms with Crippen molar-refractivity contribution in [2.24, 2.45) is 7.05 Å². The number of anilines is 1. The second-order valence-corrected chi connectivity index (χ2v) is 6.51. The van der Waals surface area contributed by atoms with Gasteiger partial charge in [0.15, 0.2) is 0 Å². The monoisotopic (exact) mass is 311 g/mol. The highest BCUT2D eigenvalue weighted by Gasteiger charge is 2.19. The number of hydrogen-bond acceptors (Lipinski definition) is 3. The Kier molecular flexibility index (Phi) is 4.34. The first kappa shape index (κ1) is 15.5. The minimum atomic E-state index is -3.74. The lowest BCUT2D eigenvalue weighted by atomic mass is 10.2. The number of aryl methyl sites for hydroxylation is 1. The van der Waals surface area contributed by atoms with Crippen LogP contribution in [0.3, 0.4) is 0 Å². The molecule has 0 saturated heterocycles. The summed E-state index contributed by atoms with van der Waals surface area (Å²) in [4.78, 5) is 0.152. The Labute approximate surface area is 123 Å². The molecule has 0 bridgehead atoms. The number of rotatable bonds is 5. The van der Waals surface area contributed by atoms with Crippen molar-refractivity contribution < 1.29 is 12.8 Å². The molecule has 1 aromatic carbocycles. The summed E-state index contributed by atoms with van der Waals surface area (Å²) in [5.74, 6) is -0.445. The van der Waals surface area contributed by atoms with Gasteiger partial charge in [-0.25, -0.2) is 12.8 Å². The fourth-order valence-electron chi connectivity index (χ4n) is 2.00. The van der Waals surface area contributed by atoms with E-state index in [9.17, 15) is 12.8 Å². The van der Waals surface area contributed by atoms with E-state index in [2.05, 4.69) is 10.0 Å². The van der Waals surface area contributed by atoms with Crippen LogP contribution in [0.1, 0.15) is 11.3 Å². The molecular formula is C14H18FN3O2S. The quantitative estimate of drug-likeness (QED) is 0.887. The number of nitrogens with one attached hydrogen (secondary N) is 2. The maximum absolute atomic E-state index is 13.5. The van der Waals surface area contributed by atoms with Gasteiger partial charge in [-0.1, -0.05) is 6.07 Å². The zero-order chi connectivity index (χ0) is 15.6. The summed E-state index contributed by atoms with van der Waals surface area (Å²) in [7, 11) is -0.174. The van der Waals surface area contributed by atoms with E-state index in [1.165, 1.54) is 31.3 Å². The number of aromatic nitrogens is 1. The SMILES string of the molecule is CNCc1cc(S(=O)(=O)Nc2cccc(F)c2C)cn1C. The minimum absolute atomic E-state index is 0.152. The highest BCUT2D eigenvalue weighted by Crippen LogP contribution is 2.22. The zero-order valence-corrected chi connectivity index (χ0v) is 13.0. The van der Waals surface area contributed by atoms with Gasteiger partial charge in [-0.15, -0.1) is 0 Å². The van der Waals surface area contributed by atoms with E-state index in [1.54, 1.807) is 24.7 Å². The molecule has 0 fully saturated rings. The highest BCUT2D eigenvalue weighted by atomic mass is 32.2. The molecule has 0 aliphatic rings. The van der Waals surface area contributed by atoms with Crippen LogP contribution in [-0.4, -0.2) is 20.0 Å². The molecule has 114 valence electrons. The number of benzene rings is 1. The Morgan fingerprint density at radius 1 is 1.33 bits per heavy atom. The second-order valence-electron chi connectivity index (χ2n) is 4.83. The molecule has 1 heterocycles. The largest absolute Gasteiger partial charge is 0.352 e. The molecule has 0 spiro atoms. The van der Waals surface area contributed by atoms with Crippen molar-refractivity contribution in [2.75, 3.05) is 11.8 Å². The predicted octanol–water partition coefficient (Wildman–Crippen LogP) is 1.99. The standard InChI is InChI=1S/C14H18FN3O2S/c1-10-13(15)5-4-6-14(10)17-21(19,20)12-7-11(8-16-2)18(3)9-12/h4-7,9,16-17H,8H2,1-3H3. The summed E-state index contributed by atoms with van der Waals surface area (Å²) in [5, 5.41) is 2.97. The van der Waals surface area contributed by atoms with Crippen molar-refractivity contribution in [1.29, 1.82) is 0 Å². The van der Waals surface area contributed by atoms with E-state index in [-0.39, 0.29) is 16.1 Å². The van der Waals surface area contributed by atoms with Gasteiger partial charge in [0.2, 0.25) is 0 Å². The van der Waals surface area contributed by atoms with Gasteiger partial charge in [-0.3, -0.25) is 4.72 Å². The first-order valence-electron chi connectivity index (χ1n) is 6.43. The number of sulfonamides is 1. The fourth-order valence-corrected chi connectivity index (χ4v) is 3.22. The second kappa shape index (κ2) is 5.87. The van der Waals surface area contributed by atoms with Gasteiger partial charge in [0, 0.05) is 31.0 Å². The normalized spacial score (nSPS) is 11.6. The van der Waals surface area contributed by atoms with Gasteiger partial charge in [0.25, 0.3) is 10.0 Å². The van der Waals surface area contributed by atoms with Crippen molar-refractivity contribution >= 4 is 15.7 Å². The minimum Gasteiger partial charge on any atom is -0.352 e. The summed E-state index contributed by atoms with van der Waals surface area (Å²) >= 11 is 0. The average molecular weight is 311 g/mol. The van der Waals surface area contributed by atoms with Crippen molar-refractivity contribution in [3.63, 3.8) is 0 Å². The molecular weight excluding hydrogens is 293 g/mol. The Morgan fingerprint density at radius 3 is 2.71 bits per heavy atom. The third-order valence-electron chi connectivity index (χ3n) is 3.26. The third kappa shape index (κ3) is 3.25. The number of nitrogens with zero attached hydrogens (tertiary/aromatic N) is 1. The maximum Gasteiger partial charge on any atom is 0.263 e.